The van der Waals surface area contributed by atoms with Gasteiger partial charge in [0.2, 0.25) is 0 Å². The van der Waals surface area contributed by atoms with Gasteiger partial charge in [0.15, 0.2) is 5.78 Å². The minimum atomic E-state index is 0.161. The van der Waals surface area contributed by atoms with Crippen molar-refractivity contribution >= 4 is 16.6 Å². The molecule has 0 saturated heterocycles. The lowest BCUT2D eigenvalue weighted by Gasteiger charge is -2.11. The molecule has 1 unspecified atom stereocenters. The Labute approximate surface area is 101 Å². The molecule has 0 amide bonds. The van der Waals surface area contributed by atoms with Crippen LogP contribution in [0.25, 0.3) is 10.8 Å². The molecule has 1 heterocycles. The summed E-state index contributed by atoms with van der Waals surface area (Å²) in [5.74, 6) is 1.05. The Morgan fingerprint density at radius 2 is 2.18 bits per heavy atom. The first kappa shape index (κ1) is 10.5. The molecule has 0 aliphatic heterocycles. The molecule has 3 rings (SSSR count). The molecule has 2 heteroatoms. The predicted molar refractivity (Wildman–Crippen MR) is 68.0 cm³/mol. The lowest BCUT2D eigenvalue weighted by Crippen LogP contribution is -2.13. The molecule has 1 aliphatic carbocycles. The van der Waals surface area contributed by atoms with Gasteiger partial charge in [0.1, 0.15) is 0 Å². The number of rotatable bonds is 3. The van der Waals surface area contributed by atoms with Gasteiger partial charge in [0.25, 0.3) is 0 Å². The lowest BCUT2D eigenvalue weighted by atomic mass is 9.92. The molecule has 2 aromatic rings. The van der Waals surface area contributed by atoms with Gasteiger partial charge in [-0.1, -0.05) is 25.1 Å². The third-order valence-corrected chi connectivity index (χ3v) is 3.69. The summed E-state index contributed by atoms with van der Waals surface area (Å²) in [5, 5.41) is 2.07. The standard InChI is InChI=1S/C15H15NO/c1-10(11-5-6-11)15(17)14-4-2-3-12-9-16-8-7-13(12)14/h2-4,7-11H,5-6H2,1H3. The molecule has 1 saturated carbocycles. The summed E-state index contributed by atoms with van der Waals surface area (Å²) in [5.41, 5.74) is 0.851. The number of carbonyl (C=O) groups is 1. The molecule has 0 bridgehead atoms. The normalized spacial score (nSPS) is 17.0. The molecule has 0 N–H and O–H groups in total. The molecule has 17 heavy (non-hydrogen) atoms. The van der Waals surface area contributed by atoms with E-state index in [2.05, 4.69) is 11.9 Å². The summed E-state index contributed by atoms with van der Waals surface area (Å²) < 4.78 is 0. The van der Waals surface area contributed by atoms with Gasteiger partial charge in [-0.2, -0.15) is 0 Å². The van der Waals surface area contributed by atoms with Crippen molar-refractivity contribution in [3.05, 3.63) is 42.2 Å². The molecular weight excluding hydrogens is 210 g/mol. The van der Waals surface area contributed by atoms with Gasteiger partial charge in [-0.3, -0.25) is 9.78 Å². The van der Waals surface area contributed by atoms with Gasteiger partial charge in [-0.25, -0.2) is 0 Å². The summed E-state index contributed by atoms with van der Waals surface area (Å²) in [6, 6.07) is 7.81. The zero-order chi connectivity index (χ0) is 11.8. The van der Waals surface area contributed by atoms with Gasteiger partial charge in [0, 0.05) is 29.3 Å². The molecule has 86 valence electrons. The Morgan fingerprint density at radius 1 is 1.35 bits per heavy atom. The van der Waals surface area contributed by atoms with Crippen LogP contribution in [-0.4, -0.2) is 10.8 Å². The highest BCUT2D eigenvalue weighted by molar-refractivity contribution is 6.08. The summed E-state index contributed by atoms with van der Waals surface area (Å²) in [6.07, 6.45) is 5.98. The number of ketones is 1. The van der Waals surface area contributed by atoms with E-state index in [9.17, 15) is 4.79 Å². The van der Waals surface area contributed by atoms with E-state index in [1.54, 1.807) is 6.20 Å². The van der Waals surface area contributed by atoms with Gasteiger partial charge in [-0.15, -0.1) is 0 Å². The van der Waals surface area contributed by atoms with Crippen molar-refractivity contribution in [3.63, 3.8) is 0 Å². The van der Waals surface area contributed by atoms with Crippen molar-refractivity contribution in [3.8, 4) is 0 Å². The average molecular weight is 225 g/mol. The first-order valence-corrected chi connectivity index (χ1v) is 6.14. The van der Waals surface area contributed by atoms with E-state index in [4.69, 9.17) is 0 Å². The molecule has 2 nitrogen and oxygen atoms in total. The molecule has 1 aromatic heterocycles. The number of fused-ring (bicyclic) bond motifs is 1. The maximum atomic E-state index is 12.4. The van der Waals surface area contributed by atoms with Crippen LogP contribution in [0.15, 0.2) is 36.7 Å². The number of benzene rings is 1. The first-order chi connectivity index (χ1) is 8.27. The van der Waals surface area contributed by atoms with E-state index in [1.807, 2.05) is 30.5 Å². The largest absolute Gasteiger partial charge is 0.294 e. The quantitative estimate of drug-likeness (QED) is 0.749. The van der Waals surface area contributed by atoms with Crippen LogP contribution in [-0.2, 0) is 0 Å². The zero-order valence-electron chi connectivity index (χ0n) is 9.89. The fourth-order valence-electron chi connectivity index (χ4n) is 2.39. The van der Waals surface area contributed by atoms with E-state index < -0.39 is 0 Å². The van der Waals surface area contributed by atoms with Crippen LogP contribution < -0.4 is 0 Å². The Morgan fingerprint density at radius 3 is 2.94 bits per heavy atom. The van der Waals surface area contributed by atoms with Crippen molar-refractivity contribution in [2.24, 2.45) is 11.8 Å². The van der Waals surface area contributed by atoms with Gasteiger partial charge in [0.05, 0.1) is 0 Å². The van der Waals surface area contributed by atoms with Crippen molar-refractivity contribution in [2.75, 3.05) is 0 Å². The first-order valence-electron chi connectivity index (χ1n) is 6.14. The number of hydrogen-bond donors (Lipinski definition) is 0. The number of carbonyl (C=O) groups excluding carboxylic acids is 1. The number of Topliss-reactive ketones (excluding diaryl/α,β-unsaturated/α-hetero) is 1. The highest BCUT2D eigenvalue weighted by atomic mass is 16.1. The van der Waals surface area contributed by atoms with E-state index in [0.29, 0.717) is 5.92 Å². The third-order valence-electron chi connectivity index (χ3n) is 3.69. The average Bonchev–Trinajstić information content (AvgIpc) is 3.20. The van der Waals surface area contributed by atoms with Crippen molar-refractivity contribution in [1.82, 2.24) is 4.98 Å². The van der Waals surface area contributed by atoms with E-state index >= 15 is 0 Å². The summed E-state index contributed by atoms with van der Waals surface area (Å²) in [4.78, 5) is 16.5. The van der Waals surface area contributed by atoms with Crippen molar-refractivity contribution in [1.29, 1.82) is 0 Å². The Balaban J connectivity index is 2.07. The van der Waals surface area contributed by atoms with Crippen LogP contribution >= 0.6 is 0 Å². The van der Waals surface area contributed by atoms with Crippen LogP contribution in [0.1, 0.15) is 30.1 Å². The fourth-order valence-corrected chi connectivity index (χ4v) is 2.39. The Hall–Kier alpha value is -1.70. The minimum Gasteiger partial charge on any atom is -0.294 e. The van der Waals surface area contributed by atoms with Gasteiger partial charge < -0.3 is 0 Å². The van der Waals surface area contributed by atoms with E-state index in [1.165, 1.54) is 12.8 Å². The van der Waals surface area contributed by atoms with Crippen LogP contribution in [0.2, 0.25) is 0 Å². The second-order valence-corrected chi connectivity index (χ2v) is 4.89. The fraction of sp³-hybridized carbons (Fsp3) is 0.333. The highest BCUT2D eigenvalue weighted by Gasteiger charge is 2.33. The van der Waals surface area contributed by atoms with Gasteiger partial charge >= 0.3 is 0 Å². The summed E-state index contributed by atoms with van der Waals surface area (Å²) >= 11 is 0. The molecule has 1 atom stereocenters. The van der Waals surface area contributed by atoms with Crippen LogP contribution in [0, 0.1) is 11.8 Å². The van der Waals surface area contributed by atoms with Crippen molar-refractivity contribution < 1.29 is 4.79 Å². The third kappa shape index (κ3) is 1.84. The lowest BCUT2D eigenvalue weighted by molar-refractivity contribution is 0.0918. The van der Waals surface area contributed by atoms with E-state index in [-0.39, 0.29) is 11.7 Å². The van der Waals surface area contributed by atoms with Gasteiger partial charge in [-0.05, 0) is 30.2 Å². The number of hydrogen-bond acceptors (Lipinski definition) is 2. The highest BCUT2D eigenvalue weighted by Crippen LogP contribution is 2.38. The summed E-state index contributed by atoms with van der Waals surface area (Å²) in [6.45, 7) is 2.06. The predicted octanol–water partition coefficient (Wildman–Crippen LogP) is 3.46. The zero-order valence-corrected chi connectivity index (χ0v) is 9.89. The Kier molecular flexibility index (Phi) is 2.43. The second kappa shape index (κ2) is 3.95. The molecule has 1 fully saturated rings. The number of aromatic nitrogens is 1. The number of nitrogens with zero attached hydrogens (tertiary/aromatic N) is 1. The van der Waals surface area contributed by atoms with E-state index in [0.717, 1.165) is 16.3 Å². The molecule has 0 spiro atoms. The summed E-state index contributed by atoms with van der Waals surface area (Å²) in [7, 11) is 0. The second-order valence-electron chi connectivity index (χ2n) is 4.89. The Bertz CT molecular complexity index is 567. The topological polar surface area (TPSA) is 30.0 Å². The molecule has 1 aromatic carbocycles. The smallest absolute Gasteiger partial charge is 0.166 e. The maximum Gasteiger partial charge on any atom is 0.166 e. The number of pyridine rings is 1. The maximum absolute atomic E-state index is 12.4. The molecular formula is C15H15NO. The van der Waals surface area contributed by atoms with Crippen molar-refractivity contribution in [2.45, 2.75) is 19.8 Å². The van der Waals surface area contributed by atoms with Crippen LogP contribution in [0.5, 0.6) is 0 Å². The molecule has 0 radical (unpaired) electrons. The molecule has 1 aliphatic rings. The van der Waals surface area contributed by atoms with Crippen LogP contribution in [0.3, 0.4) is 0 Å². The van der Waals surface area contributed by atoms with Crippen LogP contribution in [0.4, 0.5) is 0 Å². The SMILES string of the molecule is CC(C(=O)c1cccc2cnccc12)C1CC1. The minimum absolute atomic E-state index is 0.161. The monoisotopic (exact) mass is 225 g/mol.